The predicted octanol–water partition coefficient (Wildman–Crippen LogP) is 5.01. The summed E-state index contributed by atoms with van der Waals surface area (Å²) in [4.78, 5) is 1.07. The van der Waals surface area contributed by atoms with Gasteiger partial charge in [-0.25, -0.2) is 5.84 Å². The van der Waals surface area contributed by atoms with Gasteiger partial charge in [0.15, 0.2) is 0 Å². The lowest BCUT2D eigenvalue weighted by molar-refractivity contribution is 0.403. The van der Waals surface area contributed by atoms with Crippen LogP contribution in [0.5, 0.6) is 11.5 Å². The van der Waals surface area contributed by atoms with Crippen molar-refractivity contribution in [2.24, 2.45) is 11.6 Å². The van der Waals surface area contributed by atoms with E-state index in [9.17, 15) is 0 Å². The molecule has 0 aliphatic rings. The standard InChI is InChI=1S/C22H31N3O2S/c1-7-18(25(24)19-14-16(26-5)10-13-20(19)27-6)21(23)28-17-11-8-15(9-12-17)22(2,3)4/h8-14H,7,23-24H2,1-6H3/b21-18+. The molecule has 2 rings (SSSR count). The van der Waals surface area contributed by atoms with Gasteiger partial charge in [0.05, 0.1) is 24.9 Å². The first-order chi connectivity index (χ1) is 13.2. The molecule has 2 aromatic carbocycles. The summed E-state index contributed by atoms with van der Waals surface area (Å²) in [6.45, 7) is 8.63. The Kier molecular flexibility index (Phi) is 7.27. The van der Waals surface area contributed by atoms with Gasteiger partial charge in [-0.3, -0.25) is 5.01 Å². The average molecular weight is 402 g/mol. The summed E-state index contributed by atoms with van der Waals surface area (Å²) < 4.78 is 10.8. The second kappa shape index (κ2) is 9.26. The Morgan fingerprint density at radius 3 is 2.18 bits per heavy atom. The van der Waals surface area contributed by atoms with Crippen LogP contribution in [0.15, 0.2) is 58.1 Å². The number of hydrogen-bond donors (Lipinski definition) is 2. The molecule has 0 spiro atoms. The first-order valence-electron chi connectivity index (χ1n) is 9.25. The molecule has 0 aromatic heterocycles. The molecule has 0 radical (unpaired) electrons. The largest absolute Gasteiger partial charge is 0.497 e. The molecule has 0 aliphatic carbocycles. The van der Waals surface area contributed by atoms with E-state index in [0.29, 0.717) is 28.6 Å². The normalized spacial score (nSPS) is 12.4. The van der Waals surface area contributed by atoms with E-state index in [1.54, 1.807) is 19.2 Å². The molecular formula is C22H31N3O2S. The van der Waals surface area contributed by atoms with Crippen LogP contribution in [0, 0.1) is 0 Å². The smallest absolute Gasteiger partial charge is 0.144 e. The van der Waals surface area contributed by atoms with Crippen LogP contribution in [0.1, 0.15) is 39.7 Å². The first kappa shape index (κ1) is 22.0. The Balaban J connectivity index is 2.33. The Morgan fingerprint density at radius 2 is 1.68 bits per heavy atom. The lowest BCUT2D eigenvalue weighted by Gasteiger charge is -2.25. The molecule has 0 aliphatic heterocycles. The van der Waals surface area contributed by atoms with Gasteiger partial charge in [0.2, 0.25) is 0 Å². The molecule has 4 N–H and O–H groups in total. The third kappa shape index (κ3) is 5.14. The predicted molar refractivity (Wildman–Crippen MR) is 119 cm³/mol. The molecule has 0 heterocycles. The molecule has 0 fully saturated rings. The van der Waals surface area contributed by atoms with Gasteiger partial charge >= 0.3 is 0 Å². The fraction of sp³-hybridized carbons (Fsp3) is 0.364. The first-order valence-corrected chi connectivity index (χ1v) is 10.1. The van der Waals surface area contributed by atoms with Crippen molar-refractivity contribution in [2.75, 3.05) is 19.2 Å². The van der Waals surface area contributed by atoms with E-state index in [1.165, 1.54) is 17.3 Å². The van der Waals surface area contributed by atoms with Crippen molar-refractivity contribution in [3.8, 4) is 11.5 Å². The quantitative estimate of drug-likeness (QED) is 0.386. The van der Waals surface area contributed by atoms with Crippen LogP contribution in [-0.4, -0.2) is 14.2 Å². The third-order valence-corrected chi connectivity index (χ3v) is 5.47. The van der Waals surface area contributed by atoms with Crippen molar-refractivity contribution in [1.82, 2.24) is 0 Å². The molecule has 0 atom stereocenters. The number of ether oxygens (including phenoxy) is 2. The Morgan fingerprint density at radius 1 is 1.04 bits per heavy atom. The van der Waals surface area contributed by atoms with Crippen molar-refractivity contribution in [3.05, 3.63) is 58.8 Å². The number of methoxy groups -OCH3 is 2. The number of hydrazine groups is 1. The fourth-order valence-electron chi connectivity index (χ4n) is 2.80. The van der Waals surface area contributed by atoms with Crippen molar-refractivity contribution in [1.29, 1.82) is 0 Å². The van der Waals surface area contributed by atoms with E-state index < -0.39 is 0 Å². The van der Waals surface area contributed by atoms with Gasteiger partial charge in [0.25, 0.3) is 0 Å². The highest BCUT2D eigenvalue weighted by atomic mass is 32.2. The summed E-state index contributed by atoms with van der Waals surface area (Å²) in [5, 5.41) is 2.23. The number of hydrogen-bond acceptors (Lipinski definition) is 6. The van der Waals surface area contributed by atoms with E-state index in [2.05, 4.69) is 45.0 Å². The number of nitrogens with two attached hydrogens (primary N) is 2. The molecule has 0 amide bonds. The van der Waals surface area contributed by atoms with Crippen LogP contribution in [0.25, 0.3) is 0 Å². The fourth-order valence-corrected chi connectivity index (χ4v) is 3.69. The maximum Gasteiger partial charge on any atom is 0.144 e. The highest BCUT2D eigenvalue weighted by Gasteiger charge is 2.17. The summed E-state index contributed by atoms with van der Waals surface area (Å²) in [6.07, 6.45) is 0.676. The van der Waals surface area contributed by atoms with Crippen LogP contribution in [0.2, 0.25) is 0 Å². The van der Waals surface area contributed by atoms with Gasteiger partial charge in [-0.15, -0.1) is 0 Å². The maximum atomic E-state index is 6.43. The summed E-state index contributed by atoms with van der Waals surface area (Å²) in [5.41, 5.74) is 9.36. The average Bonchev–Trinajstić information content (AvgIpc) is 2.67. The van der Waals surface area contributed by atoms with Crippen molar-refractivity contribution >= 4 is 17.4 Å². The Bertz CT molecular complexity index is 827. The molecule has 5 nitrogen and oxygen atoms in total. The second-order valence-corrected chi connectivity index (χ2v) is 8.56. The Hall–Kier alpha value is -2.31. The zero-order chi connectivity index (χ0) is 20.9. The molecule has 0 unspecified atom stereocenters. The number of allylic oxidation sites excluding steroid dienone is 1. The van der Waals surface area contributed by atoms with E-state index in [1.807, 2.05) is 25.1 Å². The monoisotopic (exact) mass is 401 g/mol. The maximum absolute atomic E-state index is 6.43. The van der Waals surface area contributed by atoms with E-state index in [0.717, 1.165) is 10.6 Å². The number of benzene rings is 2. The minimum Gasteiger partial charge on any atom is -0.497 e. The third-order valence-electron chi connectivity index (χ3n) is 4.50. The zero-order valence-electron chi connectivity index (χ0n) is 17.6. The summed E-state index contributed by atoms with van der Waals surface area (Å²) in [5.74, 6) is 7.79. The van der Waals surface area contributed by atoms with Crippen molar-refractivity contribution in [2.45, 2.75) is 44.4 Å². The van der Waals surface area contributed by atoms with Gasteiger partial charge in [-0.1, -0.05) is 51.6 Å². The van der Waals surface area contributed by atoms with Crippen LogP contribution in [0.3, 0.4) is 0 Å². The molecule has 0 bridgehead atoms. The molecule has 152 valence electrons. The lowest BCUT2D eigenvalue weighted by atomic mass is 9.87. The van der Waals surface area contributed by atoms with Crippen LogP contribution in [-0.2, 0) is 5.41 Å². The number of rotatable bonds is 7. The van der Waals surface area contributed by atoms with Crippen LogP contribution >= 0.6 is 11.8 Å². The second-order valence-electron chi connectivity index (χ2n) is 7.45. The number of thioether (sulfide) groups is 1. The molecule has 2 aromatic rings. The van der Waals surface area contributed by atoms with Crippen LogP contribution in [0.4, 0.5) is 5.69 Å². The molecular weight excluding hydrogens is 370 g/mol. The molecule has 6 heteroatoms. The molecule has 0 saturated carbocycles. The lowest BCUT2D eigenvalue weighted by Crippen LogP contribution is -2.32. The minimum atomic E-state index is 0.121. The highest BCUT2D eigenvalue weighted by Crippen LogP contribution is 2.36. The van der Waals surface area contributed by atoms with Gasteiger partial charge in [0.1, 0.15) is 17.2 Å². The van der Waals surface area contributed by atoms with Gasteiger partial charge < -0.3 is 15.2 Å². The SMILES string of the molecule is CC/C(=C(/N)Sc1ccc(C(C)(C)C)cc1)N(N)c1cc(OC)ccc1OC. The molecule has 0 saturated heterocycles. The molecule has 28 heavy (non-hydrogen) atoms. The van der Waals surface area contributed by atoms with E-state index >= 15 is 0 Å². The van der Waals surface area contributed by atoms with Gasteiger partial charge in [0, 0.05) is 11.0 Å². The van der Waals surface area contributed by atoms with E-state index in [-0.39, 0.29) is 5.41 Å². The summed E-state index contributed by atoms with van der Waals surface area (Å²) in [7, 11) is 3.23. The number of anilines is 1. The zero-order valence-corrected chi connectivity index (χ0v) is 18.4. The Labute approximate surface area is 172 Å². The van der Waals surface area contributed by atoms with E-state index in [4.69, 9.17) is 21.1 Å². The van der Waals surface area contributed by atoms with Crippen LogP contribution < -0.4 is 26.1 Å². The highest BCUT2D eigenvalue weighted by molar-refractivity contribution is 8.03. The van der Waals surface area contributed by atoms with Crippen molar-refractivity contribution < 1.29 is 9.47 Å². The number of nitrogens with zero attached hydrogens (tertiary/aromatic N) is 1. The summed E-state index contributed by atoms with van der Waals surface area (Å²) in [6, 6.07) is 14.0. The van der Waals surface area contributed by atoms with Gasteiger partial charge in [-0.05, 0) is 41.7 Å². The minimum absolute atomic E-state index is 0.121. The van der Waals surface area contributed by atoms with Gasteiger partial charge in [-0.2, -0.15) is 0 Å². The topological polar surface area (TPSA) is 73.7 Å². The summed E-state index contributed by atoms with van der Waals surface area (Å²) >= 11 is 1.51. The van der Waals surface area contributed by atoms with Crippen molar-refractivity contribution in [3.63, 3.8) is 0 Å².